The Bertz CT molecular complexity index is 1830. The van der Waals surface area contributed by atoms with E-state index in [9.17, 15) is 23.1 Å². The summed E-state index contributed by atoms with van der Waals surface area (Å²) in [6.07, 6.45) is 5.20. The number of benzene rings is 2. The number of nitrogens with one attached hydrogen (secondary N) is 3. The Morgan fingerprint density at radius 2 is 1.67 bits per heavy atom. The third-order valence-corrected chi connectivity index (χ3v) is 9.34. The lowest BCUT2D eigenvalue weighted by Crippen LogP contribution is -2.43. The van der Waals surface area contributed by atoms with Gasteiger partial charge in [0.15, 0.2) is 0 Å². The predicted octanol–water partition coefficient (Wildman–Crippen LogP) is 4.27. The van der Waals surface area contributed by atoms with Crippen LogP contribution in [0.25, 0.3) is 17.0 Å². The molecule has 2 heterocycles. The van der Waals surface area contributed by atoms with Crippen molar-refractivity contribution in [3.63, 3.8) is 0 Å². The second kappa shape index (κ2) is 12.3. The molecule has 2 aromatic carbocycles. The molecule has 0 unspecified atom stereocenters. The fraction of sp³-hybridized carbons (Fsp3) is 0.290. The Morgan fingerprint density at radius 3 is 2.29 bits per heavy atom. The SMILES string of the molecule is Cc1ccc(NCC=Cc2ccc3nc(C[C@H](NS(=O)(=O)c4c(C)c(C)c(C)c(C)c4C)C(=O)O)[nH]c(=O)c3c2)nc1. The number of aromatic amines is 1. The number of carboxylic acid groups (broad SMARTS) is 1. The van der Waals surface area contributed by atoms with E-state index in [0.717, 1.165) is 33.6 Å². The smallest absolute Gasteiger partial charge is 0.322 e. The lowest BCUT2D eigenvalue weighted by Gasteiger charge is -2.21. The zero-order valence-corrected chi connectivity index (χ0v) is 25.3. The van der Waals surface area contributed by atoms with Gasteiger partial charge in [-0.1, -0.05) is 24.3 Å². The van der Waals surface area contributed by atoms with Gasteiger partial charge in [0.05, 0.1) is 15.8 Å². The number of hydrogen-bond acceptors (Lipinski definition) is 7. The molecule has 0 saturated carbocycles. The molecule has 10 nitrogen and oxygen atoms in total. The van der Waals surface area contributed by atoms with Crippen molar-refractivity contribution in [2.24, 2.45) is 0 Å². The van der Waals surface area contributed by atoms with E-state index in [-0.39, 0.29) is 17.1 Å². The van der Waals surface area contributed by atoms with Gasteiger partial charge >= 0.3 is 5.97 Å². The largest absolute Gasteiger partial charge is 0.480 e. The Hall–Kier alpha value is -4.35. The maximum atomic E-state index is 13.4. The van der Waals surface area contributed by atoms with Crippen LogP contribution in [0.15, 0.2) is 52.3 Å². The van der Waals surface area contributed by atoms with Gasteiger partial charge in [-0.25, -0.2) is 18.4 Å². The topological polar surface area (TPSA) is 154 Å². The number of aryl methyl sites for hydroxylation is 1. The number of sulfonamides is 1. The molecule has 0 fully saturated rings. The van der Waals surface area contributed by atoms with Crippen LogP contribution in [0, 0.1) is 41.5 Å². The molecular weight excluding hydrogens is 554 g/mol. The molecule has 0 amide bonds. The molecule has 1 atom stereocenters. The Balaban J connectivity index is 1.53. The fourth-order valence-electron chi connectivity index (χ4n) is 4.82. The molecule has 220 valence electrons. The third-order valence-electron chi connectivity index (χ3n) is 7.59. The van der Waals surface area contributed by atoms with Crippen molar-refractivity contribution in [1.29, 1.82) is 0 Å². The second-order valence-corrected chi connectivity index (χ2v) is 12.1. The highest BCUT2D eigenvalue weighted by molar-refractivity contribution is 7.89. The molecule has 4 rings (SSSR count). The van der Waals surface area contributed by atoms with Crippen LogP contribution in [-0.2, 0) is 21.2 Å². The van der Waals surface area contributed by atoms with Gasteiger partial charge in [-0.3, -0.25) is 9.59 Å². The summed E-state index contributed by atoms with van der Waals surface area (Å²) in [7, 11) is -4.20. The van der Waals surface area contributed by atoms with Crippen molar-refractivity contribution in [3.05, 3.63) is 97.7 Å². The average Bonchev–Trinajstić information content (AvgIpc) is 2.93. The first-order chi connectivity index (χ1) is 19.8. The van der Waals surface area contributed by atoms with E-state index >= 15 is 0 Å². The van der Waals surface area contributed by atoms with Crippen LogP contribution < -0.4 is 15.6 Å². The molecule has 4 N–H and O–H groups in total. The van der Waals surface area contributed by atoms with E-state index in [2.05, 4.69) is 25.0 Å². The molecule has 11 heteroatoms. The number of anilines is 1. The van der Waals surface area contributed by atoms with Crippen LogP contribution in [0.5, 0.6) is 0 Å². The normalized spacial score (nSPS) is 12.6. The number of aromatic nitrogens is 3. The molecule has 0 spiro atoms. The summed E-state index contributed by atoms with van der Waals surface area (Å²) in [6, 6.07) is 7.48. The zero-order chi connectivity index (χ0) is 30.8. The Morgan fingerprint density at radius 1 is 1.00 bits per heavy atom. The van der Waals surface area contributed by atoms with E-state index in [1.165, 1.54) is 0 Å². The number of carbonyl (C=O) groups is 1. The van der Waals surface area contributed by atoms with Gasteiger partial charge in [0.25, 0.3) is 5.56 Å². The van der Waals surface area contributed by atoms with Gasteiger partial charge in [0, 0.05) is 19.2 Å². The van der Waals surface area contributed by atoms with Gasteiger partial charge in [-0.15, -0.1) is 0 Å². The first-order valence-electron chi connectivity index (χ1n) is 13.5. The molecule has 2 aromatic heterocycles. The quantitative estimate of drug-likeness (QED) is 0.214. The van der Waals surface area contributed by atoms with Gasteiger partial charge in [0.1, 0.15) is 17.7 Å². The predicted molar refractivity (Wildman–Crippen MR) is 164 cm³/mol. The van der Waals surface area contributed by atoms with Gasteiger partial charge < -0.3 is 15.4 Å². The number of nitrogens with zero attached hydrogens (tertiary/aromatic N) is 2. The summed E-state index contributed by atoms with van der Waals surface area (Å²) in [5.74, 6) is -0.564. The highest BCUT2D eigenvalue weighted by Crippen LogP contribution is 2.29. The summed E-state index contributed by atoms with van der Waals surface area (Å²) >= 11 is 0. The molecule has 0 bridgehead atoms. The first-order valence-corrected chi connectivity index (χ1v) is 14.9. The lowest BCUT2D eigenvalue weighted by atomic mass is 9.95. The van der Waals surface area contributed by atoms with Crippen LogP contribution in [0.1, 0.15) is 44.8 Å². The zero-order valence-electron chi connectivity index (χ0n) is 24.5. The minimum Gasteiger partial charge on any atom is -0.480 e. The number of pyridine rings is 1. The van der Waals surface area contributed by atoms with Crippen molar-refractivity contribution < 1.29 is 18.3 Å². The van der Waals surface area contributed by atoms with E-state index in [1.54, 1.807) is 38.2 Å². The maximum Gasteiger partial charge on any atom is 0.322 e. The highest BCUT2D eigenvalue weighted by Gasteiger charge is 2.30. The molecule has 0 aliphatic carbocycles. The molecule has 0 aliphatic heterocycles. The van der Waals surface area contributed by atoms with E-state index < -0.39 is 27.6 Å². The number of carboxylic acids is 1. The Labute approximate surface area is 245 Å². The van der Waals surface area contributed by atoms with Gasteiger partial charge in [-0.05, 0) is 98.7 Å². The third kappa shape index (κ3) is 6.58. The Kier molecular flexibility index (Phi) is 8.93. The average molecular weight is 590 g/mol. The number of fused-ring (bicyclic) bond motifs is 1. The van der Waals surface area contributed by atoms with Gasteiger partial charge in [0.2, 0.25) is 10.0 Å². The van der Waals surface area contributed by atoms with Crippen LogP contribution in [0.4, 0.5) is 5.82 Å². The van der Waals surface area contributed by atoms with Crippen LogP contribution in [0.3, 0.4) is 0 Å². The first kappa shape index (κ1) is 30.6. The number of aliphatic carboxylic acids is 1. The summed E-state index contributed by atoms with van der Waals surface area (Å²) in [5.41, 5.74) is 5.57. The molecule has 0 radical (unpaired) electrons. The molecule has 42 heavy (non-hydrogen) atoms. The van der Waals surface area contributed by atoms with Crippen LogP contribution in [0.2, 0.25) is 0 Å². The lowest BCUT2D eigenvalue weighted by molar-refractivity contribution is -0.139. The van der Waals surface area contributed by atoms with E-state index in [0.29, 0.717) is 28.6 Å². The fourth-order valence-corrected chi connectivity index (χ4v) is 6.61. The van der Waals surface area contributed by atoms with E-state index in [4.69, 9.17) is 0 Å². The standard InChI is InChI=1S/C31H35N5O5S/c1-17-9-12-27(33-16-17)32-13-7-8-23-10-11-25-24(14-23)30(37)35-28(34-25)15-26(31(38)39)36-42(40,41)29-21(5)19(3)18(2)20(4)22(29)6/h7-12,14,16,26,36H,13,15H2,1-6H3,(H,32,33)(H,38,39)(H,34,35,37)/t26-/m0/s1. The van der Waals surface area contributed by atoms with Crippen LogP contribution in [-0.4, -0.2) is 47.0 Å². The number of rotatable bonds is 10. The van der Waals surface area contributed by atoms with Crippen molar-refractivity contribution in [1.82, 2.24) is 19.7 Å². The van der Waals surface area contributed by atoms with Crippen molar-refractivity contribution in [2.75, 3.05) is 11.9 Å². The number of H-pyrrole nitrogens is 1. The minimum absolute atomic E-state index is 0.0606. The van der Waals surface area contributed by atoms with Crippen LogP contribution >= 0.6 is 0 Å². The molecule has 0 aliphatic rings. The minimum atomic E-state index is -4.20. The van der Waals surface area contributed by atoms with Crippen molar-refractivity contribution in [2.45, 2.75) is 58.9 Å². The summed E-state index contributed by atoms with van der Waals surface area (Å²) in [4.78, 5) is 36.5. The summed E-state index contributed by atoms with van der Waals surface area (Å²) in [5, 5.41) is 13.4. The monoisotopic (exact) mass is 589 g/mol. The molecular formula is C31H35N5O5S. The second-order valence-electron chi connectivity index (χ2n) is 10.5. The number of hydrogen-bond donors (Lipinski definition) is 4. The van der Waals surface area contributed by atoms with E-state index in [1.807, 2.05) is 52.0 Å². The van der Waals surface area contributed by atoms with Gasteiger partial charge in [-0.2, -0.15) is 4.72 Å². The summed E-state index contributed by atoms with van der Waals surface area (Å²) in [6.45, 7) is 11.5. The summed E-state index contributed by atoms with van der Waals surface area (Å²) < 4.78 is 29.2. The maximum absolute atomic E-state index is 13.4. The molecule has 0 saturated heterocycles. The van der Waals surface area contributed by atoms with Crippen molar-refractivity contribution >= 4 is 38.8 Å². The highest BCUT2D eigenvalue weighted by atomic mass is 32.2. The van der Waals surface area contributed by atoms with Crippen molar-refractivity contribution in [3.8, 4) is 0 Å². The molecule has 4 aromatic rings.